The van der Waals surface area contributed by atoms with Crippen molar-refractivity contribution in [3.05, 3.63) is 50.9 Å². The molecule has 2 rings (SSSR count). The summed E-state index contributed by atoms with van der Waals surface area (Å²) < 4.78 is 0. The molecule has 1 aromatic carbocycles. The number of benzene rings is 1. The van der Waals surface area contributed by atoms with E-state index in [1.165, 1.54) is 11.3 Å². The smallest absolute Gasteiger partial charge is 0.273 e. The second-order valence-corrected chi connectivity index (χ2v) is 6.33. The van der Waals surface area contributed by atoms with Gasteiger partial charge in [0.05, 0.1) is 12.1 Å². The number of hydrogen-bond acceptors (Lipinski definition) is 4. The van der Waals surface area contributed by atoms with Crippen molar-refractivity contribution in [3.63, 3.8) is 0 Å². The molecule has 1 heterocycles. The van der Waals surface area contributed by atoms with Gasteiger partial charge >= 0.3 is 0 Å². The highest BCUT2D eigenvalue weighted by Crippen LogP contribution is 2.24. The van der Waals surface area contributed by atoms with Gasteiger partial charge < -0.3 is 10.6 Å². The summed E-state index contributed by atoms with van der Waals surface area (Å²) in [5, 5.41) is 3.18. The van der Waals surface area contributed by atoms with Gasteiger partial charge in [-0.3, -0.25) is 4.79 Å². The third-order valence-electron chi connectivity index (χ3n) is 3.36. The zero-order valence-corrected chi connectivity index (χ0v) is 13.8. The molecule has 4 nitrogen and oxygen atoms in total. The normalized spacial score (nSPS) is 13.8. The van der Waals surface area contributed by atoms with E-state index < -0.39 is 0 Å². The van der Waals surface area contributed by atoms with Gasteiger partial charge in [-0.25, -0.2) is 4.98 Å². The minimum atomic E-state index is -0.160. The molecule has 2 unspecified atom stereocenters. The van der Waals surface area contributed by atoms with Gasteiger partial charge in [0.2, 0.25) is 0 Å². The van der Waals surface area contributed by atoms with Crippen molar-refractivity contribution in [1.29, 1.82) is 0 Å². The molecule has 0 spiro atoms. The number of carbonyl (C=O) groups excluding carboxylic acids is 1. The topological polar surface area (TPSA) is 59.2 Å². The van der Waals surface area contributed by atoms with E-state index in [4.69, 9.17) is 17.3 Å². The number of nitrogens with zero attached hydrogens (tertiary/aromatic N) is 2. The number of halogens is 1. The Morgan fingerprint density at radius 3 is 2.71 bits per heavy atom. The molecule has 2 N–H and O–H groups in total. The van der Waals surface area contributed by atoms with E-state index in [1.807, 2.05) is 38.1 Å². The Morgan fingerprint density at radius 1 is 1.43 bits per heavy atom. The monoisotopic (exact) mass is 323 g/mol. The van der Waals surface area contributed by atoms with E-state index >= 15 is 0 Å². The predicted molar refractivity (Wildman–Crippen MR) is 86.7 cm³/mol. The summed E-state index contributed by atoms with van der Waals surface area (Å²) in [4.78, 5) is 18.4. The summed E-state index contributed by atoms with van der Waals surface area (Å²) in [5.74, 6) is -0.120. The highest BCUT2D eigenvalue weighted by molar-refractivity contribution is 7.09. The first-order valence-corrected chi connectivity index (χ1v) is 7.89. The Bertz CT molecular complexity index is 641. The molecular formula is C15H18ClN3OS. The fourth-order valence-corrected chi connectivity index (χ4v) is 2.89. The van der Waals surface area contributed by atoms with Crippen LogP contribution < -0.4 is 5.73 Å². The second-order valence-electron chi connectivity index (χ2n) is 5.01. The predicted octanol–water partition coefficient (Wildman–Crippen LogP) is 3.65. The molecule has 112 valence electrons. The van der Waals surface area contributed by atoms with Gasteiger partial charge in [0, 0.05) is 17.5 Å². The van der Waals surface area contributed by atoms with Crippen LogP contribution >= 0.6 is 22.9 Å². The van der Waals surface area contributed by atoms with Gasteiger partial charge in [-0.1, -0.05) is 23.7 Å². The maximum absolute atomic E-state index is 12.5. The third-order valence-corrected chi connectivity index (χ3v) is 4.64. The zero-order chi connectivity index (χ0) is 15.6. The lowest BCUT2D eigenvalue weighted by atomic mass is 10.1. The van der Waals surface area contributed by atoms with E-state index in [0.29, 0.717) is 10.7 Å². The van der Waals surface area contributed by atoms with Crippen molar-refractivity contribution in [2.75, 3.05) is 7.05 Å². The van der Waals surface area contributed by atoms with Crippen molar-refractivity contribution in [2.45, 2.75) is 25.9 Å². The van der Waals surface area contributed by atoms with Crippen molar-refractivity contribution >= 4 is 28.8 Å². The highest BCUT2D eigenvalue weighted by Gasteiger charge is 2.21. The molecule has 21 heavy (non-hydrogen) atoms. The molecule has 0 aliphatic heterocycles. The first-order valence-electron chi connectivity index (χ1n) is 6.63. The average Bonchev–Trinajstić information content (AvgIpc) is 2.95. The van der Waals surface area contributed by atoms with Gasteiger partial charge in [-0.2, -0.15) is 0 Å². The van der Waals surface area contributed by atoms with E-state index in [-0.39, 0.29) is 18.0 Å². The second kappa shape index (κ2) is 6.56. The lowest BCUT2D eigenvalue weighted by molar-refractivity contribution is 0.0737. The number of amides is 1. The lowest BCUT2D eigenvalue weighted by Gasteiger charge is -2.24. The van der Waals surface area contributed by atoms with Gasteiger partial charge in [0.1, 0.15) is 10.7 Å². The Labute approximate surface area is 133 Å². The molecule has 0 bridgehead atoms. The van der Waals surface area contributed by atoms with E-state index in [1.54, 1.807) is 17.3 Å². The molecule has 1 amide bonds. The minimum absolute atomic E-state index is 0.0864. The van der Waals surface area contributed by atoms with Crippen LogP contribution in [0.25, 0.3) is 0 Å². The highest BCUT2D eigenvalue weighted by atomic mass is 35.5. The fourth-order valence-electron chi connectivity index (χ4n) is 1.94. The number of thiazole rings is 1. The molecular weight excluding hydrogens is 306 g/mol. The summed E-state index contributed by atoms with van der Waals surface area (Å²) in [6, 6.07) is 7.27. The number of nitrogens with two attached hydrogens (primary N) is 1. The lowest BCUT2D eigenvalue weighted by Crippen LogP contribution is -2.30. The van der Waals surface area contributed by atoms with Crippen LogP contribution in [0.15, 0.2) is 29.6 Å². The van der Waals surface area contributed by atoms with Crippen LogP contribution in [-0.4, -0.2) is 22.8 Å². The summed E-state index contributed by atoms with van der Waals surface area (Å²) in [6.45, 7) is 3.81. The molecule has 0 saturated carbocycles. The Morgan fingerprint density at radius 2 is 2.14 bits per heavy atom. The Kier molecular flexibility index (Phi) is 4.98. The summed E-state index contributed by atoms with van der Waals surface area (Å²) >= 11 is 7.41. The SMILES string of the molecule is CC(N)c1nc(C(=O)N(C)C(C)c2cccc(Cl)c2)cs1. The van der Waals surface area contributed by atoms with Crippen LogP contribution in [0.2, 0.25) is 5.02 Å². The molecule has 0 fully saturated rings. The fraction of sp³-hybridized carbons (Fsp3) is 0.333. The molecule has 0 aliphatic carbocycles. The van der Waals surface area contributed by atoms with Crippen LogP contribution in [0, 0.1) is 0 Å². The molecule has 2 atom stereocenters. The number of carbonyl (C=O) groups is 1. The summed E-state index contributed by atoms with van der Waals surface area (Å²) in [7, 11) is 1.76. The largest absolute Gasteiger partial charge is 0.334 e. The van der Waals surface area contributed by atoms with Crippen LogP contribution in [0.1, 0.15) is 47.0 Å². The van der Waals surface area contributed by atoms with Gasteiger partial charge in [-0.05, 0) is 31.5 Å². The van der Waals surface area contributed by atoms with Crippen LogP contribution in [0.5, 0.6) is 0 Å². The van der Waals surface area contributed by atoms with E-state index in [0.717, 1.165) is 10.6 Å². The van der Waals surface area contributed by atoms with Crippen molar-refractivity contribution in [1.82, 2.24) is 9.88 Å². The summed E-state index contributed by atoms with van der Waals surface area (Å²) in [5.41, 5.74) is 7.20. The molecule has 2 aromatic rings. The van der Waals surface area contributed by atoms with Crippen LogP contribution in [0.4, 0.5) is 0 Å². The van der Waals surface area contributed by atoms with Crippen LogP contribution in [-0.2, 0) is 0 Å². The van der Waals surface area contributed by atoms with Crippen molar-refractivity contribution in [2.24, 2.45) is 5.73 Å². The van der Waals surface area contributed by atoms with Crippen molar-refractivity contribution < 1.29 is 4.79 Å². The number of aromatic nitrogens is 1. The zero-order valence-electron chi connectivity index (χ0n) is 12.2. The van der Waals surface area contributed by atoms with Gasteiger partial charge in [0.15, 0.2) is 0 Å². The minimum Gasteiger partial charge on any atom is -0.334 e. The number of rotatable bonds is 4. The van der Waals surface area contributed by atoms with Gasteiger partial charge in [-0.15, -0.1) is 11.3 Å². The molecule has 1 aromatic heterocycles. The standard InChI is InChI=1S/C15H18ClN3OS/c1-9(17)14-18-13(8-21-14)15(20)19(3)10(2)11-5-4-6-12(16)7-11/h4-10H,17H2,1-3H3. The van der Waals surface area contributed by atoms with Crippen molar-refractivity contribution in [3.8, 4) is 0 Å². The summed E-state index contributed by atoms with van der Waals surface area (Å²) in [6.07, 6.45) is 0. The first kappa shape index (κ1) is 15.9. The van der Waals surface area contributed by atoms with Gasteiger partial charge in [0.25, 0.3) is 5.91 Å². The van der Waals surface area contributed by atoms with E-state index in [2.05, 4.69) is 4.98 Å². The Balaban J connectivity index is 2.18. The van der Waals surface area contributed by atoms with Crippen LogP contribution in [0.3, 0.4) is 0 Å². The third kappa shape index (κ3) is 3.61. The maximum atomic E-state index is 12.5. The van der Waals surface area contributed by atoms with E-state index in [9.17, 15) is 4.79 Å². The Hall–Kier alpha value is -1.43. The molecule has 0 radical (unpaired) electrons. The number of hydrogen-bond donors (Lipinski definition) is 1. The maximum Gasteiger partial charge on any atom is 0.273 e. The molecule has 6 heteroatoms. The molecule has 0 aliphatic rings. The average molecular weight is 324 g/mol. The quantitative estimate of drug-likeness (QED) is 0.934. The first-order chi connectivity index (χ1) is 9.90. The molecule has 0 saturated heterocycles.